The predicted octanol–water partition coefficient (Wildman–Crippen LogP) is 3.44. The molecule has 2 aromatic rings. The molecular formula is C16H22FN3. The molecule has 0 spiro atoms. The predicted molar refractivity (Wildman–Crippen MR) is 79.2 cm³/mol. The molecule has 1 aromatic carbocycles. The van der Waals surface area contributed by atoms with E-state index in [4.69, 9.17) is 0 Å². The first-order chi connectivity index (χ1) is 9.67. The number of halogens is 1. The number of aromatic nitrogens is 2. The highest BCUT2D eigenvalue weighted by Gasteiger charge is 2.20. The molecule has 1 atom stereocenters. The summed E-state index contributed by atoms with van der Waals surface area (Å²) in [4.78, 5) is 0. The second-order valence-corrected chi connectivity index (χ2v) is 4.98. The third-order valence-corrected chi connectivity index (χ3v) is 3.41. The van der Waals surface area contributed by atoms with Crippen molar-refractivity contribution in [3.8, 4) is 0 Å². The van der Waals surface area contributed by atoms with Crippen molar-refractivity contribution >= 4 is 0 Å². The Labute approximate surface area is 119 Å². The molecule has 0 aliphatic carbocycles. The molecule has 0 aliphatic rings. The van der Waals surface area contributed by atoms with Gasteiger partial charge in [0, 0.05) is 18.3 Å². The number of hydrogen-bond acceptors (Lipinski definition) is 2. The van der Waals surface area contributed by atoms with E-state index in [-0.39, 0.29) is 11.9 Å². The van der Waals surface area contributed by atoms with Crippen LogP contribution < -0.4 is 5.32 Å². The Hall–Kier alpha value is -1.68. The number of nitrogens with one attached hydrogen (secondary N) is 1. The van der Waals surface area contributed by atoms with Crippen LogP contribution >= 0.6 is 0 Å². The standard InChI is InChI=1S/C16H22FN3/c1-4-9-18-16(15-8-10-19-20(15)5-2)13-7-6-12(3)11-14(13)17/h6-8,10-11,16,18H,4-5,9H2,1-3H3. The van der Waals surface area contributed by atoms with Gasteiger partial charge in [0.05, 0.1) is 11.7 Å². The lowest BCUT2D eigenvalue weighted by atomic mass is 10.0. The molecule has 1 unspecified atom stereocenters. The highest BCUT2D eigenvalue weighted by Crippen LogP contribution is 2.25. The molecule has 1 aromatic heterocycles. The van der Waals surface area contributed by atoms with E-state index in [1.807, 2.05) is 36.7 Å². The number of nitrogens with zero attached hydrogens (tertiary/aromatic N) is 2. The summed E-state index contributed by atoms with van der Waals surface area (Å²) >= 11 is 0. The molecule has 1 heterocycles. The average molecular weight is 275 g/mol. The number of rotatable bonds is 6. The van der Waals surface area contributed by atoms with Crippen molar-refractivity contribution in [3.63, 3.8) is 0 Å². The molecule has 0 bridgehead atoms. The van der Waals surface area contributed by atoms with Crippen LogP contribution in [0.3, 0.4) is 0 Å². The fourth-order valence-corrected chi connectivity index (χ4v) is 2.38. The fourth-order valence-electron chi connectivity index (χ4n) is 2.38. The normalized spacial score (nSPS) is 12.6. The second kappa shape index (κ2) is 6.66. The first kappa shape index (κ1) is 14.7. The molecule has 4 heteroatoms. The van der Waals surface area contributed by atoms with Crippen LogP contribution in [0.2, 0.25) is 0 Å². The zero-order valence-electron chi connectivity index (χ0n) is 12.4. The zero-order chi connectivity index (χ0) is 14.5. The summed E-state index contributed by atoms with van der Waals surface area (Å²) in [7, 11) is 0. The van der Waals surface area contributed by atoms with Crippen molar-refractivity contribution in [1.29, 1.82) is 0 Å². The Morgan fingerprint density at radius 1 is 1.30 bits per heavy atom. The minimum atomic E-state index is -0.164. The van der Waals surface area contributed by atoms with Crippen molar-refractivity contribution in [1.82, 2.24) is 15.1 Å². The zero-order valence-corrected chi connectivity index (χ0v) is 12.4. The largest absolute Gasteiger partial charge is 0.305 e. The highest BCUT2D eigenvalue weighted by molar-refractivity contribution is 5.31. The Bertz CT molecular complexity index is 563. The lowest BCUT2D eigenvalue weighted by Crippen LogP contribution is -2.26. The van der Waals surface area contributed by atoms with Crippen LogP contribution in [-0.4, -0.2) is 16.3 Å². The quantitative estimate of drug-likeness (QED) is 0.875. The van der Waals surface area contributed by atoms with Gasteiger partial charge in [-0.3, -0.25) is 4.68 Å². The van der Waals surface area contributed by atoms with E-state index < -0.39 is 0 Å². The van der Waals surface area contributed by atoms with Crippen molar-refractivity contribution in [2.24, 2.45) is 0 Å². The molecule has 0 fully saturated rings. The molecule has 0 aliphatic heterocycles. The van der Waals surface area contributed by atoms with Gasteiger partial charge in [0.1, 0.15) is 5.82 Å². The topological polar surface area (TPSA) is 29.9 Å². The Morgan fingerprint density at radius 2 is 2.10 bits per heavy atom. The second-order valence-electron chi connectivity index (χ2n) is 4.98. The van der Waals surface area contributed by atoms with Crippen molar-refractivity contribution in [2.75, 3.05) is 6.54 Å². The number of hydrogen-bond donors (Lipinski definition) is 1. The van der Waals surface area contributed by atoms with E-state index >= 15 is 0 Å². The summed E-state index contributed by atoms with van der Waals surface area (Å²) in [6.45, 7) is 7.66. The van der Waals surface area contributed by atoms with Gasteiger partial charge in [0.2, 0.25) is 0 Å². The van der Waals surface area contributed by atoms with Crippen LogP contribution in [0.15, 0.2) is 30.5 Å². The maximum atomic E-state index is 14.3. The van der Waals surface area contributed by atoms with Crippen LogP contribution in [0.25, 0.3) is 0 Å². The summed E-state index contributed by atoms with van der Waals surface area (Å²) in [5, 5.41) is 7.71. The van der Waals surface area contributed by atoms with E-state index in [9.17, 15) is 4.39 Å². The van der Waals surface area contributed by atoms with E-state index in [1.165, 1.54) is 0 Å². The summed E-state index contributed by atoms with van der Waals surface area (Å²) in [6, 6.07) is 7.20. The minimum Gasteiger partial charge on any atom is -0.305 e. The third kappa shape index (κ3) is 3.07. The molecule has 108 valence electrons. The smallest absolute Gasteiger partial charge is 0.128 e. The summed E-state index contributed by atoms with van der Waals surface area (Å²) in [5.74, 6) is -0.164. The van der Waals surface area contributed by atoms with Gasteiger partial charge in [-0.05, 0) is 44.5 Å². The Morgan fingerprint density at radius 3 is 2.75 bits per heavy atom. The molecule has 3 nitrogen and oxygen atoms in total. The van der Waals surface area contributed by atoms with Gasteiger partial charge < -0.3 is 5.32 Å². The SMILES string of the molecule is CCCNC(c1ccc(C)cc1F)c1ccnn1CC. The van der Waals surface area contributed by atoms with Crippen LogP contribution in [0.4, 0.5) is 4.39 Å². The maximum absolute atomic E-state index is 14.3. The molecule has 0 saturated carbocycles. The first-order valence-corrected chi connectivity index (χ1v) is 7.18. The number of aryl methyl sites for hydroxylation is 2. The fraction of sp³-hybridized carbons (Fsp3) is 0.438. The Kier molecular flexibility index (Phi) is 4.90. The molecular weight excluding hydrogens is 253 g/mol. The van der Waals surface area contributed by atoms with Gasteiger partial charge in [-0.2, -0.15) is 5.10 Å². The van der Waals surface area contributed by atoms with Crippen LogP contribution in [0.1, 0.15) is 43.1 Å². The van der Waals surface area contributed by atoms with Gasteiger partial charge >= 0.3 is 0 Å². The molecule has 2 rings (SSSR count). The van der Waals surface area contributed by atoms with Gasteiger partial charge in [0.25, 0.3) is 0 Å². The van der Waals surface area contributed by atoms with Crippen molar-refractivity contribution in [3.05, 3.63) is 53.1 Å². The molecule has 0 radical (unpaired) electrons. The van der Waals surface area contributed by atoms with Gasteiger partial charge in [0.15, 0.2) is 0 Å². The van der Waals surface area contributed by atoms with Crippen molar-refractivity contribution in [2.45, 2.75) is 39.8 Å². The van der Waals surface area contributed by atoms with Gasteiger partial charge in [-0.15, -0.1) is 0 Å². The minimum absolute atomic E-state index is 0.155. The molecule has 0 saturated heterocycles. The van der Waals surface area contributed by atoms with Crippen molar-refractivity contribution < 1.29 is 4.39 Å². The maximum Gasteiger partial charge on any atom is 0.128 e. The average Bonchev–Trinajstić information content (AvgIpc) is 2.89. The molecule has 20 heavy (non-hydrogen) atoms. The van der Waals surface area contributed by atoms with Crippen LogP contribution in [0.5, 0.6) is 0 Å². The number of benzene rings is 1. The lowest BCUT2D eigenvalue weighted by Gasteiger charge is -2.21. The van der Waals surface area contributed by atoms with E-state index in [1.54, 1.807) is 12.3 Å². The van der Waals surface area contributed by atoms with Gasteiger partial charge in [-0.1, -0.05) is 19.1 Å². The van der Waals surface area contributed by atoms with E-state index in [0.717, 1.165) is 30.8 Å². The molecule has 1 N–H and O–H groups in total. The third-order valence-electron chi connectivity index (χ3n) is 3.41. The van der Waals surface area contributed by atoms with E-state index in [0.29, 0.717) is 5.56 Å². The van der Waals surface area contributed by atoms with Crippen LogP contribution in [0, 0.1) is 12.7 Å². The van der Waals surface area contributed by atoms with Crippen LogP contribution in [-0.2, 0) is 6.54 Å². The Balaban J connectivity index is 2.41. The monoisotopic (exact) mass is 275 g/mol. The summed E-state index contributed by atoms with van der Waals surface area (Å²) < 4.78 is 16.2. The first-order valence-electron chi connectivity index (χ1n) is 7.18. The highest BCUT2D eigenvalue weighted by atomic mass is 19.1. The summed E-state index contributed by atoms with van der Waals surface area (Å²) in [6.07, 6.45) is 2.77. The van der Waals surface area contributed by atoms with E-state index in [2.05, 4.69) is 17.3 Å². The van der Waals surface area contributed by atoms with Gasteiger partial charge in [-0.25, -0.2) is 4.39 Å². The lowest BCUT2D eigenvalue weighted by molar-refractivity contribution is 0.505. The molecule has 0 amide bonds. The summed E-state index contributed by atoms with van der Waals surface area (Å²) in [5.41, 5.74) is 2.62.